The predicted molar refractivity (Wildman–Crippen MR) is 219 cm³/mol. The van der Waals surface area contributed by atoms with Gasteiger partial charge in [0.25, 0.3) is 0 Å². The molecule has 2 aliphatic carbocycles. The summed E-state index contributed by atoms with van der Waals surface area (Å²) in [5.74, 6) is 9.74. The fourth-order valence-corrected chi connectivity index (χ4v) is 9.19. The van der Waals surface area contributed by atoms with Gasteiger partial charge in [0.15, 0.2) is 12.1 Å². The van der Waals surface area contributed by atoms with Crippen molar-refractivity contribution in [3.8, 4) is 29.4 Å². The van der Waals surface area contributed by atoms with Gasteiger partial charge in [-0.3, -0.25) is 19.9 Å². The van der Waals surface area contributed by atoms with Gasteiger partial charge in [0.05, 0.1) is 36.4 Å². The van der Waals surface area contributed by atoms with E-state index in [1.807, 2.05) is 0 Å². The number of benzene rings is 1. The van der Waals surface area contributed by atoms with Gasteiger partial charge in [0, 0.05) is 47.3 Å². The summed E-state index contributed by atoms with van der Waals surface area (Å²) in [6, 6.07) is 6.55. The summed E-state index contributed by atoms with van der Waals surface area (Å²) in [6.07, 6.45) is 0.276. The summed E-state index contributed by atoms with van der Waals surface area (Å²) in [5.41, 5.74) is 1.30. The third-order valence-corrected chi connectivity index (χ3v) is 12.9. The Morgan fingerprint density at radius 2 is 1.95 bits per heavy atom. The molecule has 6 rings (SSSR count). The van der Waals surface area contributed by atoms with Crippen LogP contribution in [0.5, 0.6) is 5.75 Å². The molecule has 17 heteroatoms. The zero-order valence-electron chi connectivity index (χ0n) is 30.9. The largest absolute Gasteiger partial charge is 0.508 e. The van der Waals surface area contributed by atoms with Crippen LogP contribution in [0.2, 0.25) is 0 Å². The number of ether oxygens (including phenoxy) is 4. The predicted octanol–water partition coefficient (Wildman–Crippen LogP) is 2.98. The van der Waals surface area contributed by atoms with Crippen LogP contribution in [0.1, 0.15) is 23.8 Å². The number of hydrogen-bond donors (Lipinski definition) is 5. The second-order valence-corrected chi connectivity index (χ2v) is 21.6. The van der Waals surface area contributed by atoms with Crippen LogP contribution in [0.3, 0.4) is 0 Å². The number of aliphatic hydroxyl groups excluding tert-OH is 2. The second kappa shape index (κ2) is 16.8. The summed E-state index contributed by atoms with van der Waals surface area (Å²) in [4.78, 5) is 48.6. The van der Waals surface area contributed by atoms with E-state index in [1.54, 1.807) is 43.7 Å². The molecule has 294 valence electrons. The Balaban J connectivity index is 1.44. The first-order chi connectivity index (χ1) is 26.6. The maximum atomic E-state index is 14.8. The minimum absolute atomic E-state index is 0.0497. The molecule has 2 aromatic heterocycles. The number of methoxy groups -OCH3 is 2. The molecule has 3 heterocycles. The Morgan fingerprint density at radius 3 is 2.64 bits per heavy atom. The minimum Gasteiger partial charge on any atom is -0.508 e. The summed E-state index contributed by atoms with van der Waals surface area (Å²) in [5, 5.41) is 37.8. The van der Waals surface area contributed by atoms with Gasteiger partial charge in [-0.1, -0.05) is 36.9 Å². The van der Waals surface area contributed by atoms with E-state index >= 15 is 0 Å². The van der Waals surface area contributed by atoms with Crippen LogP contribution in [-0.2, 0) is 53.3 Å². The van der Waals surface area contributed by atoms with Crippen LogP contribution in [0.4, 0.5) is 4.79 Å². The lowest BCUT2D eigenvalue weighted by molar-refractivity contribution is -0.283. The minimum atomic E-state index is -1.98. The van der Waals surface area contributed by atoms with E-state index in [2.05, 4.69) is 39.0 Å². The van der Waals surface area contributed by atoms with Gasteiger partial charge in [-0.25, -0.2) is 4.79 Å². The van der Waals surface area contributed by atoms with Crippen LogP contribution >= 0.6 is 11.8 Å². The number of aromatic hydroxyl groups is 1. The highest BCUT2D eigenvalue weighted by atomic mass is 33.1. The molecule has 6 unspecified atom stereocenters. The third-order valence-electron chi connectivity index (χ3n) is 9.93. The van der Waals surface area contributed by atoms with E-state index in [0.29, 0.717) is 21.8 Å². The Morgan fingerprint density at radius 1 is 1.20 bits per heavy atom. The van der Waals surface area contributed by atoms with E-state index in [1.165, 1.54) is 31.5 Å². The van der Waals surface area contributed by atoms with Crippen LogP contribution in [-0.4, -0.2) is 117 Å². The van der Waals surface area contributed by atoms with E-state index in [9.17, 15) is 29.7 Å². The number of ketones is 2. The van der Waals surface area contributed by atoms with Gasteiger partial charge >= 0.3 is 6.09 Å². The van der Waals surface area contributed by atoms with Crippen LogP contribution in [0.25, 0.3) is 21.8 Å². The summed E-state index contributed by atoms with van der Waals surface area (Å²) in [7, 11) is 0.502. The standard InChI is InChI=1S/C39H39N3O10S4/c1-20-39(55-4,35(46)33-32-22(14-16-40-33)25-18-21(43)12-13-26(25)41-32)36(47)34(49-2)37(51-20)52-29-11-9-7-6-8-10-24-30(29)23(15-17-56(5,53)54)27(44)19-28(45)31(24)42-38(48)50-3/h6-7,12-16,18,20,27,29-30,34,36-37,41,43-44,47H,17,19H2,1-5H3,(H,42,48)/b7-6-,23-15-/t20?,27-,29-,30?,34?,36?,37?,39?/m0/s1. The second-order valence-electron chi connectivity index (χ2n) is 13.3. The maximum absolute atomic E-state index is 14.8. The number of carbonyl (C=O) groups excluding carboxylic acids is 3. The number of Topliss-reactive ketones (excluding diaryl/α,β-unsaturated/α-hetero) is 2. The smallest absolute Gasteiger partial charge is 0.411 e. The molecule has 1 amide bonds. The fourth-order valence-electron chi connectivity index (χ4n) is 7.25. The van der Waals surface area contributed by atoms with E-state index in [-0.39, 0.29) is 34.0 Å². The third kappa shape index (κ3) is 7.89. The SMILES string of the molecule is COC(=O)NC1=C2C#C/C=C\C#C[C@H](OC3OC(C)C(SC)(C(=O)c4nccc5c4[nH]c4ccc(O)cc45)C(O)C3OC)C2/C(=C\CS(C)(=S)=S)[C@@H](O)CC1=O. The first kappa shape index (κ1) is 41.5. The van der Waals surface area contributed by atoms with Crippen molar-refractivity contribution in [3.05, 3.63) is 71.2 Å². The quantitative estimate of drug-likeness (QED) is 0.120. The van der Waals surface area contributed by atoms with Gasteiger partial charge in [-0.2, -0.15) is 0 Å². The van der Waals surface area contributed by atoms with Crippen molar-refractivity contribution in [2.75, 3.05) is 32.5 Å². The zero-order valence-corrected chi connectivity index (χ0v) is 34.1. The van der Waals surface area contributed by atoms with Crippen molar-refractivity contribution in [3.63, 3.8) is 0 Å². The molecule has 0 saturated carbocycles. The normalized spacial score (nSPS) is 29.2. The average Bonchev–Trinajstić information content (AvgIpc) is 3.52. The number of phenolic OH excluding ortho intramolecular Hbond substituents is 1. The van der Waals surface area contributed by atoms with Gasteiger partial charge in [0.1, 0.15) is 34.5 Å². The molecule has 8 atom stereocenters. The molecule has 1 fully saturated rings. The lowest BCUT2D eigenvalue weighted by Crippen LogP contribution is -2.68. The number of aromatic amines is 1. The number of nitrogens with one attached hydrogen (secondary N) is 2. The monoisotopic (exact) mass is 837 g/mol. The molecule has 0 radical (unpaired) electrons. The molecule has 1 aliphatic heterocycles. The number of fused-ring (bicyclic) bond motifs is 4. The van der Waals surface area contributed by atoms with Crippen molar-refractivity contribution in [1.29, 1.82) is 0 Å². The average molecular weight is 838 g/mol. The molecule has 3 aliphatic rings. The van der Waals surface area contributed by atoms with Gasteiger partial charge < -0.3 is 39.3 Å². The molecular formula is C39H39N3O10S4. The number of thioether (sulfide) groups is 1. The van der Waals surface area contributed by atoms with Gasteiger partial charge in [-0.05, 0) is 83.8 Å². The Hall–Kier alpha value is -4.14. The number of phenols is 1. The van der Waals surface area contributed by atoms with Gasteiger partial charge in [0.2, 0.25) is 5.78 Å². The number of allylic oxidation sites excluding steroid dienone is 3. The molecule has 3 aromatic rings. The number of alkyl carbamates (subject to hydrolysis) is 1. The van der Waals surface area contributed by atoms with E-state index in [0.717, 1.165) is 18.9 Å². The van der Waals surface area contributed by atoms with Crippen molar-refractivity contribution >= 4 is 80.8 Å². The molecular weight excluding hydrogens is 799 g/mol. The highest BCUT2D eigenvalue weighted by Gasteiger charge is 2.60. The lowest BCUT2D eigenvalue weighted by Gasteiger charge is -2.49. The highest BCUT2D eigenvalue weighted by Crippen LogP contribution is 2.45. The number of H-pyrrole nitrogens is 1. The Bertz CT molecular complexity index is 2440. The molecule has 1 saturated heterocycles. The lowest BCUT2D eigenvalue weighted by atomic mass is 9.82. The molecule has 0 bridgehead atoms. The number of carbonyl (C=O) groups is 3. The number of aromatic nitrogens is 2. The first-order valence-corrected chi connectivity index (χ1v) is 22.5. The molecule has 1 aromatic carbocycles. The maximum Gasteiger partial charge on any atom is 0.411 e. The van der Waals surface area contributed by atoms with Crippen molar-refractivity contribution < 1.29 is 48.7 Å². The number of amides is 1. The van der Waals surface area contributed by atoms with E-state index in [4.69, 9.17) is 41.3 Å². The number of rotatable bonds is 9. The highest BCUT2D eigenvalue weighted by molar-refractivity contribution is 8.56. The molecule has 56 heavy (non-hydrogen) atoms. The summed E-state index contributed by atoms with van der Waals surface area (Å²) < 4.78 is 22.1. The molecule has 13 nitrogen and oxygen atoms in total. The number of aliphatic hydroxyl groups is 2. The van der Waals surface area contributed by atoms with Crippen molar-refractivity contribution in [1.82, 2.24) is 15.3 Å². The number of hydrogen-bond acceptors (Lipinski definition) is 14. The summed E-state index contributed by atoms with van der Waals surface area (Å²) >= 11 is 12.1. The van der Waals surface area contributed by atoms with Gasteiger partial charge in [-0.15, -0.1) is 11.8 Å². The first-order valence-electron chi connectivity index (χ1n) is 17.2. The fraction of sp³-hybridized carbons (Fsp3) is 0.385. The molecule has 5 N–H and O–H groups in total. The zero-order chi connectivity index (χ0) is 40.5. The van der Waals surface area contributed by atoms with Crippen molar-refractivity contribution in [2.45, 2.75) is 54.9 Å². The Labute approximate surface area is 337 Å². The van der Waals surface area contributed by atoms with Crippen LogP contribution in [0.15, 0.2) is 65.5 Å². The van der Waals surface area contributed by atoms with Crippen LogP contribution in [0, 0.1) is 29.6 Å². The molecule has 0 spiro atoms. The van der Waals surface area contributed by atoms with E-state index < -0.39 is 78.7 Å². The number of pyridine rings is 1. The Kier molecular flexibility index (Phi) is 12.4. The summed E-state index contributed by atoms with van der Waals surface area (Å²) in [6.45, 7) is 1.63. The number of nitrogens with zero attached hydrogens (tertiary/aromatic N) is 1. The van der Waals surface area contributed by atoms with Crippen molar-refractivity contribution in [2.24, 2.45) is 5.92 Å². The topological polar surface area (TPSA) is 190 Å². The van der Waals surface area contributed by atoms with Crippen LogP contribution < -0.4 is 5.32 Å².